The quantitative estimate of drug-likeness (QED) is 0.751. The zero-order chi connectivity index (χ0) is 20.2. The second-order valence-corrected chi connectivity index (χ2v) is 8.36. The van der Waals surface area contributed by atoms with Crippen LogP contribution in [0.5, 0.6) is 5.75 Å². The third-order valence-electron chi connectivity index (χ3n) is 5.66. The predicted octanol–water partition coefficient (Wildman–Crippen LogP) is 3.34. The van der Waals surface area contributed by atoms with Crippen LogP contribution in [0.2, 0.25) is 0 Å². The maximum atomic E-state index is 13.4. The molecule has 2 aliphatic rings. The van der Waals surface area contributed by atoms with Gasteiger partial charge in [0, 0.05) is 17.5 Å². The van der Waals surface area contributed by atoms with Crippen molar-refractivity contribution in [3.63, 3.8) is 0 Å². The molecule has 4 rings (SSSR count). The van der Waals surface area contributed by atoms with E-state index in [1.807, 2.05) is 24.3 Å². The minimum absolute atomic E-state index is 0.0495. The molecule has 2 aliphatic carbocycles. The molecule has 29 heavy (non-hydrogen) atoms. The number of ether oxygens (including phenoxy) is 1. The third-order valence-corrected chi connectivity index (χ3v) is 6.17. The smallest absolute Gasteiger partial charge is 0.276 e. The van der Waals surface area contributed by atoms with Crippen LogP contribution in [0.25, 0.3) is 0 Å². The van der Waals surface area contributed by atoms with Gasteiger partial charge in [0.05, 0.1) is 7.11 Å². The SMILES string of the molecule is COc1ccc([C@H](C(=O)NC2CCCCC2)N(C(=O)c2csnn2)C2CC2)cc1. The molecule has 1 N–H and O–H groups in total. The van der Waals surface area contributed by atoms with Crippen LogP contribution >= 0.6 is 11.5 Å². The van der Waals surface area contributed by atoms with Crippen molar-refractivity contribution in [2.45, 2.75) is 63.1 Å². The van der Waals surface area contributed by atoms with Gasteiger partial charge in [0.15, 0.2) is 5.69 Å². The lowest BCUT2D eigenvalue weighted by Gasteiger charge is -2.33. The number of aromatic nitrogens is 2. The van der Waals surface area contributed by atoms with Gasteiger partial charge in [-0.25, -0.2) is 0 Å². The van der Waals surface area contributed by atoms with Crippen molar-refractivity contribution < 1.29 is 14.3 Å². The molecule has 154 valence electrons. The van der Waals surface area contributed by atoms with Gasteiger partial charge in [-0.3, -0.25) is 9.59 Å². The van der Waals surface area contributed by atoms with Crippen molar-refractivity contribution in [3.8, 4) is 5.75 Å². The highest BCUT2D eigenvalue weighted by Crippen LogP contribution is 2.36. The van der Waals surface area contributed by atoms with Gasteiger partial charge in [-0.1, -0.05) is 35.9 Å². The van der Waals surface area contributed by atoms with Crippen molar-refractivity contribution >= 4 is 23.3 Å². The van der Waals surface area contributed by atoms with Crippen molar-refractivity contribution in [2.24, 2.45) is 0 Å². The normalized spacial score (nSPS) is 18.1. The molecular weight excluding hydrogens is 388 g/mol. The summed E-state index contributed by atoms with van der Waals surface area (Å²) in [7, 11) is 1.61. The second kappa shape index (κ2) is 8.90. The lowest BCUT2D eigenvalue weighted by Crippen LogP contribution is -2.48. The van der Waals surface area contributed by atoms with E-state index < -0.39 is 6.04 Å². The van der Waals surface area contributed by atoms with Crippen LogP contribution in [0, 0.1) is 0 Å². The predicted molar refractivity (Wildman–Crippen MR) is 110 cm³/mol. The minimum Gasteiger partial charge on any atom is -0.497 e. The number of nitrogens with one attached hydrogen (secondary N) is 1. The van der Waals surface area contributed by atoms with Gasteiger partial charge in [0.1, 0.15) is 11.8 Å². The fraction of sp³-hybridized carbons (Fsp3) is 0.524. The van der Waals surface area contributed by atoms with E-state index in [2.05, 4.69) is 14.9 Å². The van der Waals surface area contributed by atoms with E-state index in [-0.39, 0.29) is 23.9 Å². The third kappa shape index (κ3) is 4.58. The van der Waals surface area contributed by atoms with E-state index in [4.69, 9.17) is 4.74 Å². The van der Waals surface area contributed by atoms with Gasteiger partial charge in [0.25, 0.3) is 5.91 Å². The highest BCUT2D eigenvalue weighted by Gasteiger charge is 2.42. The summed E-state index contributed by atoms with van der Waals surface area (Å²) in [5, 5.41) is 8.80. The fourth-order valence-electron chi connectivity index (χ4n) is 3.99. The Hall–Kier alpha value is -2.48. The van der Waals surface area contributed by atoms with Crippen LogP contribution in [-0.2, 0) is 4.79 Å². The lowest BCUT2D eigenvalue weighted by molar-refractivity contribution is -0.127. The molecule has 0 radical (unpaired) electrons. The molecule has 0 bridgehead atoms. The molecule has 0 unspecified atom stereocenters. The van der Waals surface area contributed by atoms with Crippen molar-refractivity contribution in [1.29, 1.82) is 0 Å². The van der Waals surface area contributed by atoms with Gasteiger partial charge in [-0.15, -0.1) is 5.10 Å². The summed E-state index contributed by atoms with van der Waals surface area (Å²) in [6.45, 7) is 0. The van der Waals surface area contributed by atoms with Crippen LogP contribution in [0.15, 0.2) is 29.6 Å². The summed E-state index contributed by atoms with van der Waals surface area (Å²) >= 11 is 1.14. The summed E-state index contributed by atoms with van der Waals surface area (Å²) in [6.07, 6.45) is 7.27. The Labute approximate surface area is 174 Å². The summed E-state index contributed by atoms with van der Waals surface area (Å²) in [4.78, 5) is 28.4. The number of carbonyl (C=O) groups excluding carboxylic acids is 2. The Kier molecular flexibility index (Phi) is 6.08. The second-order valence-electron chi connectivity index (χ2n) is 7.75. The molecular formula is C21H26N4O3S. The van der Waals surface area contributed by atoms with Crippen LogP contribution < -0.4 is 10.1 Å². The number of rotatable bonds is 7. The van der Waals surface area contributed by atoms with E-state index in [9.17, 15) is 9.59 Å². The molecule has 7 nitrogen and oxygen atoms in total. The first-order valence-electron chi connectivity index (χ1n) is 10.2. The number of hydrogen-bond acceptors (Lipinski definition) is 6. The summed E-state index contributed by atoms with van der Waals surface area (Å²) < 4.78 is 9.09. The number of amides is 2. The summed E-state index contributed by atoms with van der Waals surface area (Å²) in [5.74, 6) is 0.361. The van der Waals surface area contributed by atoms with Crippen molar-refractivity contribution in [1.82, 2.24) is 19.8 Å². The van der Waals surface area contributed by atoms with Gasteiger partial charge in [-0.2, -0.15) is 0 Å². The largest absolute Gasteiger partial charge is 0.497 e. The zero-order valence-corrected chi connectivity index (χ0v) is 17.4. The van der Waals surface area contributed by atoms with Crippen molar-refractivity contribution in [2.75, 3.05) is 7.11 Å². The molecule has 2 amide bonds. The first kappa shape index (κ1) is 19.8. The van der Waals surface area contributed by atoms with Crippen LogP contribution in [-0.4, -0.2) is 45.5 Å². The van der Waals surface area contributed by atoms with Gasteiger partial charge >= 0.3 is 0 Å². The molecule has 8 heteroatoms. The standard InChI is InChI=1S/C21H26N4O3S/c1-28-17-11-7-14(8-12-17)19(20(26)22-15-5-3-2-4-6-15)25(16-9-10-16)21(27)18-13-29-24-23-18/h7-8,11-13,15-16,19H,2-6,9-10H2,1H3,(H,22,26)/t19-/m1/s1. The van der Waals surface area contributed by atoms with Crippen LogP contribution in [0.3, 0.4) is 0 Å². The lowest BCUT2D eigenvalue weighted by atomic mass is 9.94. The molecule has 2 fully saturated rings. The Morgan fingerprint density at radius 1 is 1.14 bits per heavy atom. The highest BCUT2D eigenvalue weighted by molar-refractivity contribution is 7.03. The van der Waals surface area contributed by atoms with Crippen LogP contribution in [0.4, 0.5) is 0 Å². The number of methoxy groups -OCH3 is 1. The maximum Gasteiger partial charge on any atom is 0.276 e. The Morgan fingerprint density at radius 3 is 2.45 bits per heavy atom. The summed E-state index contributed by atoms with van der Waals surface area (Å²) in [5.41, 5.74) is 1.08. The average molecular weight is 415 g/mol. The van der Waals surface area contributed by atoms with E-state index in [0.29, 0.717) is 11.4 Å². The van der Waals surface area contributed by atoms with Gasteiger partial charge < -0.3 is 15.0 Å². The topological polar surface area (TPSA) is 84.4 Å². The monoisotopic (exact) mass is 414 g/mol. The summed E-state index contributed by atoms with van der Waals surface area (Å²) in [6, 6.07) is 6.93. The first-order valence-corrected chi connectivity index (χ1v) is 11.0. The van der Waals surface area contributed by atoms with Crippen LogP contribution in [0.1, 0.15) is 67.0 Å². The highest BCUT2D eigenvalue weighted by atomic mass is 32.1. The van der Waals surface area contributed by atoms with E-state index >= 15 is 0 Å². The molecule has 1 atom stereocenters. The van der Waals surface area contributed by atoms with E-state index in [0.717, 1.165) is 55.6 Å². The Bertz CT molecular complexity index is 830. The zero-order valence-electron chi connectivity index (χ0n) is 16.5. The van der Waals surface area contributed by atoms with E-state index in [1.54, 1.807) is 17.4 Å². The Morgan fingerprint density at radius 2 is 1.86 bits per heavy atom. The molecule has 1 aromatic carbocycles. The molecule has 0 spiro atoms. The molecule has 1 heterocycles. The minimum atomic E-state index is -0.690. The molecule has 2 aromatic rings. The first-order chi connectivity index (χ1) is 14.2. The molecule has 2 saturated carbocycles. The number of hydrogen-bond donors (Lipinski definition) is 1. The van der Waals surface area contributed by atoms with E-state index in [1.165, 1.54) is 6.42 Å². The number of carbonyl (C=O) groups is 2. The molecule has 0 aliphatic heterocycles. The number of benzene rings is 1. The maximum absolute atomic E-state index is 13.4. The van der Waals surface area contributed by atoms with Crippen molar-refractivity contribution in [3.05, 3.63) is 40.9 Å². The number of nitrogens with zero attached hydrogens (tertiary/aromatic N) is 3. The molecule has 1 aromatic heterocycles. The Balaban J connectivity index is 1.65. The van der Waals surface area contributed by atoms with Gasteiger partial charge in [-0.05, 0) is 54.9 Å². The van der Waals surface area contributed by atoms with Gasteiger partial charge in [0.2, 0.25) is 5.91 Å². The average Bonchev–Trinajstić information content (AvgIpc) is 3.44. The molecule has 0 saturated heterocycles. The fourth-order valence-corrected chi connectivity index (χ4v) is 4.42.